The van der Waals surface area contributed by atoms with E-state index in [4.69, 9.17) is 11.6 Å². The second kappa shape index (κ2) is 5.03. The van der Waals surface area contributed by atoms with Gasteiger partial charge in [-0.05, 0) is 34.0 Å². The zero-order valence-corrected chi connectivity index (χ0v) is 13.6. The topological polar surface area (TPSA) is 17.3 Å². The summed E-state index contributed by atoms with van der Waals surface area (Å²) in [6.45, 7) is 0. The third kappa shape index (κ3) is 1.99. The Morgan fingerprint density at radius 1 is 1.32 bits per heavy atom. The van der Waals surface area contributed by atoms with E-state index in [0.29, 0.717) is 27.3 Å². The first-order chi connectivity index (χ1) is 10.6. The van der Waals surface area contributed by atoms with Gasteiger partial charge in [-0.3, -0.25) is 0 Å². The first-order valence-corrected chi connectivity index (χ1v) is 7.98. The lowest BCUT2D eigenvalue weighted by Gasteiger charge is -2.14. The highest BCUT2D eigenvalue weighted by molar-refractivity contribution is 9.10. The number of hydrogen-bond acceptors (Lipinski definition) is 1. The van der Waals surface area contributed by atoms with Crippen LogP contribution in [0.1, 0.15) is 35.5 Å². The molecule has 0 saturated carbocycles. The molecule has 112 valence electrons. The van der Waals surface area contributed by atoms with Crippen LogP contribution in [0, 0.1) is 5.82 Å². The van der Waals surface area contributed by atoms with Crippen molar-refractivity contribution in [3.05, 3.63) is 68.8 Å². The number of rotatable bonds is 1. The van der Waals surface area contributed by atoms with E-state index in [9.17, 15) is 8.78 Å². The Bertz CT molecular complexity index is 893. The average Bonchev–Trinajstić information content (AvgIpc) is 2.99. The molecule has 3 aromatic rings. The van der Waals surface area contributed by atoms with Crippen LogP contribution in [0.4, 0.5) is 8.78 Å². The Hall–Kier alpha value is -1.46. The van der Waals surface area contributed by atoms with Gasteiger partial charge in [-0.1, -0.05) is 29.8 Å². The Labute approximate surface area is 138 Å². The molecule has 0 radical (unpaired) electrons. The van der Waals surface area contributed by atoms with Gasteiger partial charge in [0.05, 0.1) is 15.9 Å². The SMILES string of the molecule is Fc1cc2nc3c(n2cc1Br)[C@@H](c1ccccc1Cl)CC3F. The van der Waals surface area contributed by atoms with Gasteiger partial charge < -0.3 is 4.40 Å². The van der Waals surface area contributed by atoms with Gasteiger partial charge >= 0.3 is 0 Å². The fraction of sp³-hybridized carbons (Fsp3) is 0.188. The van der Waals surface area contributed by atoms with Crippen LogP contribution in [0.25, 0.3) is 5.65 Å². The van der Waals surface area contributed by atoms with Crippen molar-refractivity contribution in [3.63, 3.8) is 0 Å². The maximum atomic E-state index is 14.4. The molecule has 2 atom stereocenters. The quantitative estimate of drug-likeness (QED) is 0.547. The summed E-state index contributed by atoms with van der Waals surface area (Å²) >= 11 is 9.44. The summed E-state index contributed by atoms with van der Waals surface area (Å²) in [4.78, 5) is 4.27. The zero-order valence-electron chi connectivity index (χ0n) is 11.2. The third-order valence-electron chi connectivity index (χ3n) is 4.08. The van der Waals surface area contributed by atoms with E-state index in [2.05, 4.69) is 20.9 Å². The second-order valence-corrected chi connectivity index (χ2v) is 6.62. The lowest BCUT2D eigenvalue weighted by atomic mass is 9.96. The average molecular weight is 384 g/mol. The number of imidazole rings is 1. The fourth-order valence-electron chi connectivity index (χ4n) is 3.12. The summed E-state index contributed by atoms with van der Waals surface area (Å²) in [7, 11) is 0. The van der Waals surface area contributed by atoms with E-state index in [0.717, 1.165) is 11.3 Å². The van der Waals surface area contributed by atoms with Gasteiger partial charge in [-0.15, -0.1) is 0 Å². The number of alkyl halides is 1. The second-order valence-electron chi connectivity index (χ2n) is 5.36. The summed E-state index contributed by atoms with van der Waals surface area (Å²) in [5, 5.41) is 0.601. The summed E-state index contributed by atoms with van der Waals surface area (Å²) in [6, 6.07) is 8.72. The highest BCUT2D eigenvalue weighted by Crippen LogP contribution is 2.47. The van der Waals surface area contributed by atoms with E-state index >= 15 is 0 Å². The summed E-state index contributed by atoms with van der Waals surface area (Å²) < 4.78 is 30.1. The molecule has 0 aliphatic heterocycles. The highest BCUT2D eigenvalue weighted by Gasteiger charge is 2.37. The minimum absolute atomic E-state index is 0.189. The molecule has 2 nitrogen and oxygen atoms in total. The Morgan fingerprint density at radius 3 is 2.86 bits per heavy atom. The monoisotopic (exact) mass is 382 g/mol. The molecule has 0 amide bonds. The van der Waals surface area contributed by atoms with Crippen LogP contribution in [-0.2, 0) is 0 Å². The molecule has 1 aromatic carbocycles. The third-order valence-corrected chi connectivity index (χ3v) is 5.01. The molecule has 22 heavy (non-hydrogen) atoms. The van der Waals surface area contributed by atoms with Crippen LogP contribution in [0.15, 0.2) is 41.0 Å². The van der Waals surface area contributed by atoms with Crippen molar-refractivity contribution < 1.29 is 8.78 Å². The van der Waals surface area contributed by atoms with Crippen molar-refractivity contribution in [3.8, 4) is 0 Å². The molecular weight excluding hydrogens is 374 g/mol. The Balaban J connectivity index is 1.98. The number of fused-ring (bicyclic) bond motifs is 3. The zero-order chi connectivity index (χ0) is 15.4. The summed E-state index contributed by atoms with van der Waals surface area (Å²) in [5.74, 6) is -0.605. The molecule has 1 aliphatic rings. The molecule has 0 spiro atoms. The standard InChI is InChI=1S/C16H10BrClF2N2/c17-10-7-22-14(6-12(10)19)21-15-13(20)5-9(16(15)22)8-3-1-2-4-11(8)18/h1-4,6-7,9,13H,5H2/t9-,13?/m1/s1. The van der Waals surface area contributed by atoms with Crippen LogP contribution in [-0.4, -0.2) is 9.38 Å². The maximum Gasteiger partial charge on any atom is 0.145 e. The lowest BCUT2D eigenvalue weighted by molar-refractivity contribution is 0.330. The van der Waals surface area contributed by atoms with Gasteiger partial charge in [-0.25, -0.2) is 13.8 Å². The largest absolute Gasteiger partial charge is 0.302 e. The molecule has 0 N–H and O–H groups in total. The van der Waals surface area contributed by atoms with Crippen molar-refractivity contribution in [2.24, 2.45) is 0 Å². The molecule has 0 bridgehead atoms. The van der Waals surface area contributed by atoms with Crippen LogP contribution in [0.5, 0.6) is 0 Å². The minimum Gasteiger partial charge on any atom is -0.302 e. The van der Waals surface area contributed by atoms with Gasteiger partial charge in [0.2, 0.25) is 0 Å². The fourth-order valence-corrected chi connectivity index (χ4v) is 3.70. The van der Waals surface area contributed by atoms with Gasteiger partial charge in [0.1, 0.15) is 17.6 Å². The molecule has 6 heteroatoms. The van der Waals surface area contributed by atoms with Crippen molar-refractivity contribution >= 4 is 33.2 Å². The molecule has 2 heterocycles. The first-order valence-electron chi connectivity index (χ1n) is 6.81. The van der Waals surface area contributed by atoms with E-state index in [-0.39, 0.29) is 5.92 Å². The van der Waals surface area contributed by atoms with Crippen molar-refractivity contribution in [1.29, 1.82) is 0 Å². The van der Waals surface area contributed by atoms with Crippen molar-refractivity contribution in [2.75, 3.05) is 0 Å². The van der Waals surface area contributed by atoms with E-state index in [1.54, 1.807) is 16.7 Å². The molecule has 4 rings (SSSR count). The van der Waals surface area contributed by atoms with Gasteiger partial charge in [0, 0.05) is 23.2 Å². The minimum atomic E-state index is -1.17. The molecule has 2 aromatic heterocycles. The van der Waals surface area contributed by atoms with Crippen LogP contribution < -0.4 is 0 Å². The Kier molecular flexibility index (Phi) is 3.24. The summed E-state index contributed by atoms with van der Waals surface area (Å²) in [5.41, 5.74) is 2.40. The van der Waals surface area contributed by atoms with Crippen LogP contribution in [0.3, 0.4) is 0 Å². The predicted octanol–water partition coefficient (Wildman–Crippen LogP) is 5.44. The lowest BCUT2D eigenvalue weighted by Crippen LogP contribution is -2.02. The molecular formula is C16H10BrClF2N2. The van der Waals surface area contributed by atoms with Gasteiger partial charge in [0.25, 0.3) is 0 Å². The number of halogens is 4. The molecule has 1 unspecified atom stereocenters. The van der Waals surface area contributed by atoms with E-state index in [1.165, 1.54) is 6.07 Å². The number of nitrogens with zero attached hydrogens (tertiary/aromatic N) is 2. The van der Waals surface area contributed by atoms with Crippen molar-refractivity contribution in [1.82, 2.24) is 9.38 Å². The highest BCUT2D eigenvalue weighted by atomic mass is 79.9. The molecule has 0 saturated heterocycles. The van der Waals surface area contributed by atoms with E-state index < -0.39 is 12.0 Å². The molecule has 1 aliphatic carbocycles. The summed E-state index contributed by atoms with van der Waals surface area (Å²) in [6.07, 6.45) is 0.732. The smallest absolute Gasteiger partial charge is 0.145 e. The Morgan fingerprint density at radius 2 is 2.09 bits per heavy atom. The number of hydrogen-bond donors (Lipinski definition) is 0. The number of aromatic nitrogens is 2. The predicted molar refractivity (Wildman–Crippen MR) is 84.6 cm³/mol. The number of benzene rings is 1. The molecule has 0 fully saturated rings. The maximum absolute atomic E-state index is 14.4. The van der Waals surface area contributed by atoms with Crippen molar-refractivity contribution in [2.45, 2.75) is 18.5 Å². The first kappa shape index (κ1) is 14.2. The van der Waals surface area contributed by atoms with Gasteiger partial charge in [-0.2, -0.15) is 0 Å². The van der Waals surface area contributed by atoms with Crippen LogP contribution in [0.2, 0.25) is 5.02 Å². The van der Waals surface area contributed by atoms with Gasteiger partial charge in [0.15, 0.2) is 0 Å². The van der Waals surface area contributed by atoms with E-state index in [1.807, 2.05) is 18.2 Å². The van der Waals surface area contributed by atoms with Crippen LogP contribution >= 0.6 is 27.5 Å². The normalized spacial score (nSPS) is 20.5. The number of pyridine rings is 1.